The van der Waals surface area contributed by atoms with Crippen molar-refractivity contribution in [2.45, 2.75) is 52.6 Å². The van der Waals surface area contributed by atoms with E-state index in [2.05, 4.69) is 29.7 Å². The fourth-order valence-electron chi connectivity index (χ4n) is 5.14. The molecule has 0 radical (unpaired) electrons. The van der Waals surface area contributed by atoms with Crippen LogP contribution in [-0.4, -0.2) is 29.0 Å². The van der Waals surface area contributed by atoms with Crippen molar-refractivity contribution in [1.29, 1.82) is 0 Å². The fraction of sp³-hybridized carbons (Fsp3) is 0.500. The second kappa shape index (κ2) is 5.25. The minimum Gasteiger partial charge on any atom is -0.448 e. The van der Waals surface area contributed by atoms with Gasteiger partial charge in [-0.25, -0.2) is 4.98 Å². The Hall–Kier alpha value is -2.63. The standard InChI is InChI=1S/C22H25N3O3/c1-13-5-6-14-12-15-7-10-25(17(15)23-16(14)11-13)24-18(26)22-9-8-21(4,19(27)28-22)20(22,2)3/h5-6,11-12H,7-10H2,1-4H3,(H,24,26). The van der Waals surface area contributed by atoms with Crippen LogP contribution in [0.25, 0.3) is 10.9 Å². The number of hydrogen-bond donors (Lipinski definition) is 1. The number of anilines is 1. The van der Waals surface area contributed by atoms with Crippen molar-refractivity contribution in [1.82, 2.24) is 10.4 Å². The second-order valence-corrected chi connectivity index (χ2v) is 9.18. The first-order valence-electron chi connectivity index (χ1n) is 9.90. The lowest BCUT2D eigenvalue weighted by Gasteiger charge is -2.36. The van der Waals surface area contributed by atoms with Crippen molar-refractivity contribution in [3.8, 4) is 0 Å². The number of fused-ring (bicyclic) bond motifs is 4. The summed E-state index contributed by atoms with van der Waals surface area (Å²) < 4.78 is 5.71. The van der Waals surface area contributed by atoms with Crippen LogP contribution in [-0.2, 0) is 20.7 Å². The summed E-state index contributed by atoms with van der Waals surface area (Å²) >= 11 is 0. The zero-order valence-electron chi connectivity index (χ0n) is 16.8. The molecule has 146 valence electrons. The lowest BCUT2D eigenvalue weighted by molar-refractivity contribution is -0.168. The molecule has 1 saturated heterocycles. The molecule has 1 amide bonds. The minimum atomic E-state index is -1.12. The Bertz CT molecular complexity index is 1050. The van der Waals surface area contributed by atoms with Crippen LogP contribution in [0.3, 0.4) is 0 Å². The number of nitrogens with one attached hydrogen (secondary N) is 1. The maximum absolute atomic E-state index is 13.4. The van der Waals surface area contributed by atoms with Crippen molar-refractivity contribution in [3.63, 3.8) is 0 Å². The molecule has 28 heavy (non-hydrogen) atoms. The van der Waals surface area contributed by atoms with Gasteiger partial charge in [0.1, 0.15) is 0 Å². The quantitative estimate of drug-likeness (QED) is 0.812. The van der Waals surface area contributed by atoms with Crippen LogP contribution >= 0.6 is 0 Å². The van der Waals surface area contributed by atoms with Gasteiger partial charge in [-0.15, -0.1) is 0 Å². The number of esters is 1. The van der Waals surface area contributed by atoms with E-state index in [1.54, 1.807) is 0 Å². The highest BCUT2D eigenvalue weighted by Crippen LogP contribution is 2.65. The van der Waals surface area contributed by atoms with Gasteiger partial charge < -0.3 is 4.74 Å². The molecule has 3 heterocycles. The molecule has 2 aliphatic heterocycles. The number of carbonyl (C=O) groups is 2. The van der Waals surface area contributed by atoms with Crippen LogP contribution in [0.4, 0.5) is 5.82 Å². The number of aryl methyl sites for hydroxylation is 1. The average molecular weight is 379 g/mol. The zero-order chi connectivity index (χ0) is 19.9. The Kier molecular flexibility index (Phi) is 3.27. The highest BCUT2D eigenvalue weighted by atomic mass is 16.6. The lowest BCUT2D eigenvalue weighted by Crippen LogP contribution is -2.57. The van der Waals surface area contributed by atoms with Gasteiger partial charge in [0.2, 0.25) is 0 Å². The number of benzene rings is 1. The number of hydrazine groups is 1. The van der Waals surface area contributed by atoms with Crippen molar-refractivity contribution in [3.05, 3.63) is 35.4 Å². The van der Waals surface area contributed by atoms with Gasteiger partial charge in [-0.05, 0) is 56.4 Å². The number of pyridine rings is 1. The van der Waals surface area contributed by atoms with Crippen LogP contribution in [0.1, 0.15) is 44.7 Å². The topological polar surface area (TPSA) is 71.5 Å². The van der Waals surface area contributed by atoms with E-state index >= 15 is 0 Å². The van der Waals surface area contributed by atoms with E-state index in [0.29, 0.717) is 19.4 Å². The molecule has 6 nitrogen and oxygen atoms in total. The van der Waals surface area contributed by atoms with Gasteiger partial charge in [0, 0.05) is 17.3 Å². The molecular weight excluding hydrogens is 354 g/mol. The Morgan fingerprint density at radius 2 is 2.00 bits per heavy atom. The first kappa shape index (κ1) is 17.5. The van der Waals surface area contributed by atoms with Crippen LogP contribution in [0.5, 0.6) is 0 Å². The summed E-state index contributed by atoms with van der Waals surface area (Å²) in [5.41, 5.74) is 3.92. The van der Waals surface area contributed by atoms with Gasteiger partial charge in [0.15, 0.2) is 11.4 Å². The molecule has 1 N–H and O–H groups in total. The Morgan fingerprint density at radius 1 is 1.21 bits per heavy atom. The summed E-state index contributed by atoms with van der Waals surface area (Å²) in [5.74, 6) is 0.275. The van der Waals surface area contributed by atoms with E-state index in [-0.39, 0.29) is 11.9 Å². The minimum absolute atomic E-state index is 0.244. The van der Waals surface area contributed by atoms with Crippen LogP contribution < -0.4 is 10.4 Å². The Balaban J connectivity index is 1.47. The van der Waals surface area contributed by atoms with E-state index in [0.717, 1.165) is 34.3 Å². The van der Waals surface area contributed by atoms with Gasteiger partial charge >= 0.3 is 5.97 Å². The molecule has 2 fully saturated rings. The number of hydrogen-bond acceptors (Lipinski definition) is 5. The second-order valence-electron chi connectivity index (χ2n) is 9.18. The van der Waals surface area contributed by atoms with Crippen LogP contribution in [0, 0.1) is 17.8 Å². The molecule has 2 atom stereocenters. The van der Waals surface area contributed by atoms with Gasteiger partial charge in [0.25, 0.3) is 5.91 Å². The largest absolute Gasteiger partial charge is 0.448 e. The average Bonchev–Trinajstić information content (AvgIpc) is 3.17. The molecule has 1 aromatic heterocycles. The van der Waals surface area contributed by atoms with Gasteiger partial charge in [-0.3, -0.25) is 20.0 Å². The van der Waals surface area contributed by atoms with E-state index in [1.807, 2.05) is 32.7 Å². The SMILES string of the molecule is Cc1ccc2cc3c(nc2c1)N(NC(=O)C12CCC(C)(C(=O)O1)C2(C)C)CC3. The van der Waals surface area contributed by atoms with Crippen molar-refractivity contribution >= 4 is 28.6 Å². The number of rotatable bonds is 2. The molecule has 2 unspecified atom stereocenters. The zero-order valence-corrected chi connectivity index (χ0v) is 16.8. The number of aromatic nitrogens is 1. The summed E-state index contributed by atoms with van der Waals surface area (Å²) in [7, 11) is 0. The summed E-state index contributed by atoms with van der Waals surface area (Å²) in [5, 5.41) is 2.92. The summed E-state index contributed by atoms with van der Waals surface area (Å²) in [6.07, 6.45) is 2.05. The van der Waals surface area contributed by atoms with Gasteiger partial charge in [-0.2, -0.15) is 0 Å². The predicted molar refractivity (Wildman–Crippen MR) is 106 cm³/mol. The molecule has 2 bridgehead atoms. The molecule has 1 aliphatic carbocycles. The van der Waals surface area contributed by atoms with E-state index < -0.39 is 16.4 Å². The number of amides is 1. The first-order chi connectivity index (χ1) is 13.2. The molecular formula is C22H25N3O3. The maximum Gasteiger partial charge on any atom is 0.313 e. The molecule has 0 spiro atoms. The van der Waals surface area contributed by atoms with Crippen molar-refractivity contribution in [2.24, 2.45) is 10.8 Å². The summed E-state index contributed by atoms with van der Waals surface area (Å²) in [6.45, 7) is 8.55. The number of carbonyl (C=O) groups excluding carboxylic acids is 2. The van der Waals surface area contributed by atoms with E-state index in [4.69, 9.17) is 9.72 Å². The molecule has 1 saturated carbocycles. The fourth-order valence-corrected chi connectivity index (χ4v) is 5.14. The Labute approximate surface area is 164 Å². The third-order valence-electron chi connectivity index (χ3n) is 7.58. The molecule has 1 aromatic carbocycles. The maximum atomic E-state index is 13.4. The van der Waals surface area contributed by atoms with Gasteiger partial charge in [0.05, 0.1) is 10.9 Å². The molecule has 5 rings (SSSR count). The van der Waals surface area contributed by atoms with Crippen molar-refractivity contribution < 1.29 is 14.3 Å². The molecule has 3 aliphatic rings. The highest BCUT2D eigenvalue weighted by molar-refractivity contribution is 5.97. The van der Waals surface area contributed by atoms with E-state index in [9.17, 15) is 9.59 Å². The molecule has 6 heteroatoms. The third kappa shape index (κ3) is 1.95. The number of nitrogens with zero attached hydrogens (tertiary/aromatic N) is 2. The van der Waals surface area contributed by atoms with Crippen LogP contribution in [0.15, 0.2) is 24.3 Å². The predicted octanol–water partition coefficient (Wildman–Crippen LogP) is 3.06. The first-order valence-corrected chi connectivity index (χ1v) is 9.90. The normalized spacial score (nSPS) is 29.9. The van der Waals surface area contributed by atoms with Crippen LogP contribution in [0.2, 0.25) is 0 Å². The van der Waals surface area contributed by atoms with Gasteiger partial charge in [-0.1, -0.05) is 26.0 Å². The molecule has 2 aromatic rings. The monoisotopic (exact) mass is 379 g/mol. The third-order valence-corrected chi connectivity index (χ3v) is 7.58. The smallest absolute Gasteiger partial charge is 0.313 e. The number of ether oxygens (including phenoxy) is 1. The summed E-state index contributed by atoms with van der Waals surface area (Å²) in [6, 6.07) is 8.36. The summed E-state index contributed by atoms with van der Waals surface area (Å²) in [4.78, 5) is 30.6. The van der Waals surface area contributed by atoms with Crippen molar-refractivity contribution in [2.75, 3.05) is 11.6 Å². The lowest BCUT2D eigenvalue weighted by atomic mass is 9.66. The Morgan fingerprint density at radius 3 is 2.68 bits per heavy atom. The highest BCUT2D eigenvalue weighted by Gasteiger charge is 2.75. The van der Waals surface area contributed by atoms with E-state index in [1.165, 1.54) is 0 Å².